The Morgan fingerprint density at radius 3 is 2.17 bits per heavy atom. The lowest BCUT2D eigenvalue weighted by Gasteiger charge is -2.38. The highest BCUT2D eigenvalue weighted by Gasteiger charge is 2.18. The lowest BCUT2D eigenvalue weighted by molar-refractivity contribution is 0.209. The van der Waals surface area contributed by atoms with Crippen LogP contribution in [0, 0.1) is 0 Å². The minimum Gasteiger partial charge on any atom is -0.369 e. The third kappa shape index (κ3) is 4.49. The van der Waals surface area contributed by atoms with E-state index in [1.54, 1.807) is 0 Å². The molecule has 1 aliphatic heterocycles. The van der Waals surface area contributed by atoms with Crippen molar-refractivity contribution in [2.75, 3.05) is 36.5 Å². The third-order valence-corrected chi connectivity index (χ3v) is 4.65. The Bertz CT molecular complexity index is 601. The molecule has 2 N–H and O–H groups in total. The van der Waals surface area contributed by atoms with Gasteiger partial charge in [0.05, 0.1) is 0 Å². The Balaban J connectivity index is 1.47. The fourth-order valence-electron chi connectivity index (χ4n) is 3.09. The third-order valence-electron chi connectivity index (χ3n) is 4.65. The van der Waals surface area contributed by atoms with E-state index in [0.717, 1.165) is 38.4 Å². The molecule has 0 atom stereocenters. The standard InChI is InChI=1S/C20H28N4/c1-17(2)23-12-14-24(15-13-23)20-10-8-18(9-11-20)16-21-22-19-6-4-3-5-7-19/h3-11,17,21-22H,12-16H2,1-2H3. The van der Waals surface area contributed by atoms with Crippen LogP contribution in [0.4, 0.5) is 11.4 Å². The number of hydrogen-bond donors (Lipinski definition) is 2. The molecule has 0 saturated carbocycles. The van der Waals surface area contributed by atoms with Gasteiger partial charge in [-0.2, -0.15) is 0 Å². The van der Waals surface area contributed by atoms with Crippen LogP contribution in [0.25, 0.3) is 0 Å². The summed E-state index contributed by atoms with van der Waals surface area (Å²) in [5, 5.41) is 0. The number of hydrazine groups is 1. The summed E-state index contributed by atoms with van der Waals surface area (Å²) in [6.45, 7) is 9.90. The Morgan fingerprint density at radius 2 is 1.54 bits per heavy atom. The van der Waals surface area contributed by atoms with Gasteiger partial charge in [-0.25, -0.2) is 5.43 Å². The SMILES string of the molecule is CC(C)N1CCN(c2ccc(CNNc3ccccc3)cc2)CC1. The van der Waals surface area contributed by atoms with E-state index in [-0.39, 0.29) is 0 Å². The van der Waals surface area contributed by atoms with Crippen LogP contribution in [0.2, 0.25) is 0 Å². The van der Waals surface area contributed by atoms with E-state index in [0.29, 0.717) is 6.04 Å². The van der Waals surface area contributed by atoms with Crippen LogP contribution in [-0.4, -0.2) is 37.1 Å². The van der Waals surface area contributed by atoms with E-state index in [1.165, 1.54) is 11.3 Å². The van der Waals surface area contributed by atoms with Crippen molar-refractivity contribution >= 4 is 11.4 Å². The lowest BCUT2D eigenvalue weighted by atomic mass is 10.1. The van der Waals surface area contributed by atoms with Gasteiger partial charge >= 0.3 is 0 Å². The highest BCUT2D eigenvalue weighted by molar-refractivity contribution is 5.48. The molecule has 0 amide bonds. The predicted molar refractivity (Wildman–Crippen MR) is 102 cm³/mol. The largest absolute Gasteiger partial charge is 0.369 e. The Labute approximate surface area is 145 Å². The summed E-state index contributed by atoms with van der Waals surface area (Å²) in [5.41, 5.74) is 10.2. The Hall–Kier alpha value is -2.04. The van der Waals surface area contributed by atoms with Gasteiger partial charge in [-0.15, -0.1) is 0 Å². The van der Waals surface area contributed by atoms with Crippen LogP contribution < -0.4 is 15.8 Å². The second-order valence-corrected chi connectivity index (χ2v) is 6.63. The number of benzene rings is 2. The topological polar surface area (TPSA) is 30.5 Å². The van der Waals surface area contributed by atoms with Crippen molar-refractivity contribution in [2.45, 2.75) is 26.4 Å². The maximum absolute atomic E-state index is 3.26. The summed E-state index contributed by atoms with van der Waals surface area (Å²) in [7, 11) is 0. The normalized spacial score (nSPS) is 15.7. The average Bonchev–Trinajstić information content (AvgIpc) is 2.63. The number of hydrogen-bond acceptors (Lipinski definition) is 4. The monoisotopic (exact) mass is 324 g/mol. The van der Waals surface area contributed by atoms with Crippen molar-refractivity contribution in [3.8, 4) is 0 Å². The van der Waals surface area contributed by atoms with Crippen molar-refractivity contribution < 1.29 is 0 Å². The van der Waals surface area contributed by atoms with Gasteiger partial charge in [0.1, 0.15) is 0 Å². The van der Waals surface area contributed by atoms with Crippen molar-refractivity contribution in [3.05, 3.63) is 60.2 Å². The summed E-state index contributed by atoms with van der Waals surface area (Å²) in [5.74, 6) is 0. The summed E-state index contributed by atoms with van der Waals surface area (Å²) >= 11 is 0. The minimum atomic E-state index is 0.651. The maximum Gasteiger partial charge on any atom is 0.0487 e. The smallest absolute Gasteiger partial charge is 0.0487 e. The Morgan fingerprint density at radius 1 is 0.875 bits per heavy atom. The van der Waals surface area contributed by atoms with E-state index >= 15 is 0 Å². The molecule has 1 heterocycles. The van der Waals surface area contributed by atoms with Gasteiger partial charge in [-0.1, -0.05) is 30.3 Å². The molecule has 0 aromatic heterocycles. The fraction of sp³-hybridized carbons (Fsp3) is 0.400. The zero-order valence-corrected chi connectivity index (χ0v) is 14.7. The molecule has 4 heteroatoms. The lowest BCUT2D eigenvalue weighted by Crippen LogP contribution is -2.48. The van der Waals surface area contributed by atoms with E-state index in [9.17, 15) is 0 Å². The van der Waals surface area contributed by atoms with Crippen molar-refractivity contribution in [2.24, 2.45) is 0 Å². The first kappa shape index (κ1) is 16.8. The van der Waals surface area contributed by atoms with Gasteiger partial charge in [-0.05, 0) is 43.7 Å². The van der Waals surface area contributed by atoms with E-state index in [4.69, 9.17) is 0 Å². The molecule has 0 aliphatic carbocycles. The zero-order chi connectivity index (χ0) is 16.8. The summed E-state index contributed by atoms with van der Waals surface area (Å²) in [4.78, 5) is 5.03. The number of rotatable bonds is 6. The van der Waals surface area contributed by atoms with Crippen LogP contribution >= 0.6 is 0 Å². The molecule has 3 rings (SSSR count). The quantitative estimate of drug-likeness (QED) is 0.798. The molecular formula is C20H28N4. The predicted octanol–water partition coefficient (Wildman–Crippen LogP) is 3.33. The van der Waals surface area contributed by atoms with Crippen LogP contribution in [0.3, 0.4) is 0 Å². The molecule has 24 heavy (non-hydrogen) atoms. The fourth-order valence-corrected chi connectivity index (χ4v) is 3.09. The molecule has 1 saturated heterocycles. The average molecular weight is 324 g/mol. The molecule has 0 unspecified atom stereocenters. The van der Waals surface area contributed by atoms with Crippen molar-refractivity contribution in [1.29, 1.82) is 0 Å². The minimum absolute atomic E-state index is 0.651. The highest BCUT2D eigenvalue weighted by atomic mass is 15.3. The zero-order valence-electron chi connectivity index (χ0n) is 14.7. The Kier molecular flexibility index (Phi) is 5.72. The maximum atomic E-state index is 3.26. The van der Waals surface area contributed by atoms with Gasteiger partial charge in [0.2, 0.25) is 0 Å². The van der Waals surface area contributed by atoms with Gasteiger partial charge in [0.25, 0.3) is 0 Å². The number of nitrogens with zero attached hydrogens (tertiary/aromatic N) is 2. The molecule has 0 radical (unpaired) electrons. The van der Waals surface area contributed by atoms with Crippen LogP contribution in [0.15, 0.2) is 54.6 Å². The van der Waals surface area contributed by atoms with Gasteiger partial charge < -0.3 is 10.3 Å². The first-order valence-electron chi connectivity index (χ1n) is 8.84. The summed E-state index contributed by atoms with van der Waals surface area (Å²) in [6, 6.07) is 19.7. The van der Waals surface area contributed by atoms with Crippen molar-refractivity contribution in [1.82, 2.24) is 10.3 Å². The van der Waals surface area contributed by atoms with Crippen LogP contribution in [0.1, 0.15) is 19.4 Å². The number of anilines is 2. The first-order valence-corrected chi connectivity index (χ1v) is 8.84. The van der Waals surface area contributed by atoms with Gasteiger partial charge in [0, 0.05) is 50.1 Å². The second-order valence-electron chi connectivity index (χ2n) is 6.63. The number of piperazine rings is 1. The first-order chi connectivity index (χ1) is 11.7. The molecule has 0 spiro atoms. The summed E-state index contributed by atoms with van der Waals surface area (Å²) in [6.07, 6.45) is 0. The molecule has 4 nitrogen and oxygen atoms in total. The molecule has 0 bridgehead atoms. The van der Waals surface area contributed by atoms with Gasteiger partial charge in [0.15, 0.2) is 0 Å². The number of nitrogens with one attached hydrogen (secondary N) is 2. The molecule has 2 aromatic carbocycles. The van der Waals surface area contributed by atoms with Crippen LogP contribution in [0.5, 0.6) is 0 Å². The highest BCUT2D eigenvalue weighted by Crippen LogP contribution is 2.18. The summed E-state index contributed by atoms with van der Waals surface area (Å²) < 4.78 is 0. The molecular weight excluding hydrogens is 296 g/mol. The van der Waals surface area contributed by atoms with Gasteiger partial charge in [-0.3, -0.25) is 4.90 Å². The molecule has 1 fully saturated rings. The second kappa shape index (κ2) is 8.18. The van der Waals surface area contributed by atoms with E-state index in [1.807, 2.05) is 30.3 Å². The van der Waals surface area contributed by atoms with Crippen molar-refractivity contribution in [3.63, 3.8) is 0 Å². The molecule has 128 valence electrons. The van der Waals surface area contributed by atoms with E-state index < -0.39 is 0 Å². The molecule has 1 aliphatic rings. The molecule has 2 aromatic rings. The number of para-hydroxylation sites is 1. The van der Waals surface area contributed by atoms with Crippen LogP contribution in [-0.2, 0) is 6.54 Å². The van der Waals surface area contributed by atoms with E-state index in [2.05, 4.69) is 58.8 Å².